The Morgan fingerprint density at radius 2 is 1.76 bits per heavy atom. The summed E-state index contributed by atoms with van der Waals surface area (Å²) in [7, 11) is 0. The number of hydrogen-bond donors (Lipinski definition) is 1. The Labute approximate surface area is 105 Å². The van der Waals surface area contributed by atoms with Crippen molar-refractivity contribution in [1.82, 2.24) is 0 Å². The van der Waals surface area contributed by atoms with Gasteiger partial charge in [0.05, 0.1) is 6.61 Å². The Hall–Kier alpha value is -0.860. The molecule has 0 radical (unpaired) electrons. The summed E-state index contributed by atoms with van der Waals surface area (Å²) in [5, 5.41) is 10.0. The second-order valence-electron chi connectivity index (χ2n) is 4.72. The highest BCUT2D eigenvalue weighted by Crippen LogP contribution is 2.17. The minimum Gasteiger partial charge on any atom is -0.386 e. The molecule has 1 aromatic carbocycles. The minimum absolute atomic E-state index is 0.395. The molecule has 1 N–H and O–H groups in total. The molecule has 0 bridgehead atoms. The van der Waals surface area contributed by atoms with Crippen LogP contribution in [0.3, 0.4) is 0 Å². The highest BCUT2D eigenvalue weighted by molar-refractivity contribution is 5.29. The Balaban J connectivity index is 2.38. The molecule has 0 saturated carbocycles. The van der Waals surface area contributed by atoms with Gasteiger partial charge in [-0.15, -0.1) is 0 Å². The van der Waals surface area contributed by atoms with E-state index in [4.69, 9.17) is 4.74 Å². The van der Waals surface area contributed by atoms with Crippen LogP contribution in [0.2, 0.25) is 0 Å². The van der Waals surface area contributed by atoms with Crippen LogP contribution in [0, 0.1) is 13.8 Å². The first-order valence-corrected chi connectivity index (χ1v) is 6.47. The van der Waals surface area contributed by atoms with Gasteiger partial charge in [0.25, 0.3) is 0 Å². The number of aliphatic hydroxyl groups excluding tert-OH is 1. The summed E-state index contributed by atoms with van der Waals surface area (Å²) < 4.78 is 5.48. The standard InChI is InChI=1S/C15H24O2/c1-4-5-6-7-17-11-15(16)14-9-12(2)8-13(3)10-14/h8-10,15-16H,4-7,11H2,1-3H3. The molecule has 0 saturated heterocycles. The van der Waals surface area contributed by atoms with E-state index in [1.54, 1.807) is 0 Å². The molecular weight excluding hydrogens is 212 g/mol. The summed E-state index contributed by atoms with van der Waals surface area (Å²) in [6.07, 6.45) is 2.97. The third-order valence-electron chi connectivity index (χ3n) is 2.80. The lowest BCUT2D eigenvalue weighted by Crippen LogP contribution is -2.08. The predicted molar refractivity (Wildman–Crippen MR) is 71.2 cm³/mol. The van der Waals surface area contributed by atoms with Gasteiger partial charge in [-0.25, -0.2) is 0 Å². The van der Waals surface area contributed by atoms with Gasteiger partial charge >= 0.3 is 0 Å². The van der Waals surface area contributed by atoms with Crippen molar-refractivity contribution in [3.8, 4) is 0 Å². The minimum atomic E-state index is -0.504. The first-order chi connectivity index (χ1) is 8.13. The first-order valence-electron chi connectivity index (χ1n) is 6.47. The highest BCUT2D eigenvalue weighted by atomic mass is 16.5. The van der Waals surface area contributed by atoms with Crippen LogP contribution < -0.4 is 0 Å². The maximum absolute atomic E-state index is 10.0. The summed E-state index contributed by atoms with van der Waals surface area (Å²) in [6, 6.07) is 6.15. The summed E-state index contributed by atoms with van der Waals surface area (Å²) in [4.78, 5) is 0. The Morgan fingerprint density at radius 1 is 1.12 bits per heavy atom. The lowest BCUT2D eigenvalue weighted by Gasteiger charge is -2.13. The average Bonchev–Trinajstić information content (AvgIpc) is 2.27. The largest absolute Gasteiger partial charge is 0.386 e. The molecule has 2 nitrogen and oxygen atoms in total. The normalized spacial score (nSPS) is 12.7. The number of rotatable bonds is 7. The number of hydrogen-bond acceptors (Lipinski definition) is 2. The van der Waals surface area contributed by atoms with Crippen LogP contribution in [0.15, 0.2) is 18.2 Å². The zero-order valence-corrected chi connectivity index (χ0v) is 11.2. The van der Waals surface area contributed by atoms with E-state index < -0.39 is 6.10 Å². The first kappa shape index (κ1) is 14.2. The number of aliphatic hydroxyl groups is 1. The van der Waals surface area contributed by atoms with E-state index in [0.29, 0.717) is 6.61 Å². The van der Waals surface area contributed by atoms with Gasteiger partial charge in [0, 0.05) is 6.61 Å². The third-order valence-corrected chi connectivity index (χ3v) is 2.80. The maximum atomic E-state index is 10.0. The van der Waals surface area contributed by atoms with Gasteiger partial charge in [-0.3, -0.25) is 0 Å². The van der Waals surface area contributed by atoms with E-state index in [1.807, 2.05) is 26.0 Å². The Kier molecular flexibility index (Phi) is 6.23. The van der Waals surface area contributed by atoms with Crippen LogP contribution in [-0.4, -0.2) is 18.3 Å². The number of ether oxygens (including phenoxy) is 1. The molecule has 1 unspecified atom stereocenters. The molecule has 96 valence electrons. The fraction of sp³-hybridized carbons (Fsp3) is 0.600. The molecule has 0 fully saturated rings. The molecule has 1 aromatic rings. The number of unbranched alkanes of at least 4 members (excludes halogenated alkanes) is 2. The second kappa shape index (κ2) is 7.46. The predicted octanol–water partition coefficient (Wildman–Crippen LogP) is 3.54. The smallest absolute Gasteiger partial charge is 0.102 e. The van der Waals surface area contributed by atoms with Gasteiger partial charge in [-0.1, -0.05) is 49.1 Å². The van der Waals surface area contributed by atoms with Gasteiger partial charge in [0.2, 0.25) is 0 Å². The summed E-state index contributed by atoms with van der Waals surface area (Å²) in [6.45, 7) is 7.41. The fourth-order valence-corrected chi connectivity index (χ4v) is 1.95. The maximum Gasteiger partial charge on any atom is 0.102 e. The molecule has 0 aliphatic carbocycles. The molecule has 17 heavy (non-hydrogen) atoms. The lowest BCUT2D eigenvalue weighted by molar-refractivity contribution is 0.0345. The molecule has 0 amide bonds. The Bertz CT molecular complexity index is 313. The molecule has 1 rings (SSSR count). The molecule has 2 heteroatoms. The van der Waals surface area contributed by atoms with Crippen LogP contribution in [0.25, 0.3) is 0 Å². The van der Waals surface area contributed by atoms with E-state index in [2.05, 4.69) is 13.0 Å². The molecule has 0 aliphatic rings. The van der Waals surface area contributed by atoms with Gasteiger partial charge in [0.1, 0.15) is 6.10 Å². The van der Waals surface area contributed by atoms with Crippen LogP contribution in [-0.2, 0) is 4.74 Å². The van der Waals surface area contributed by atoms with Crippen molar-refractivity contribution in [2.24, 2.45) is 0 Å². The molecule has 0 aliphatic heterocycles. The molecule has 0 heterocycles. The average molecular weight is 236 g/mol. The quantitative estimate of drug-likeness (QED) is 0.734. The lowest BCUT2D eigenvalue weighted by atomic mass is 10.0. The number of aryl methyl sites for hydroxylation is 2. The van der Waals surface area contributed by atoms with Crippen LogP contribution in [0.4, 0.5) is 0 Å². The Morgan fingerprint density at radius 3 is 2.35 bits per heavy atom. The summed E-state index contributed by atoms with van der Waals surface area (Å²) in [5.74, 6) is 0. The monoisotopic (exact) mass is 236 g/mol. The molecule has 0 spiro atoms. The third kappa shape index (κ3) is 5.33. The van der Waals surface area contributed by atoms with E-state index in [9.17, 15) is 5.11 Å². The van der Waals surface area contributed by atoms with Crippen LogP contribution in [0.1, 0.15) is 49.0 Å². The summed E-state index contributed by atoms with van der Waals surface area (Å²) >= 11 is 0. The van der Waals surface area contributed by atoms with Gasteiger partial charge < -0.3 is 9.84 Å². The second-order valence-corrected chi connectivity index (χ2v) is 4.72. The summed E-state index contributed by atoms with van der Waals surface area (Å²) in [5.41, 5.74) is 3.33. The van der Waals surface area contributed by atoms with Crippen molar-refractivity contribution >= 4 is 0 Å². The SMILES string of the molecule is CCCCCOCC(O)c1cc(C)cc(C)c1. The fourth-order valence-electron chi connectivity index (χ4n) is 1.95. The van der Waals surface area contributed by atoms with Crippen molar-refractivity contribution in [2.75, 3.05) is 13.2 Å². The molecular formula is C15H24O2. The highest BCUT2D eigenvalue weighted by Gasteiger charge is 2.08. The van der Waals surface area contributed by atoms with Crippen molar-refractivity contribution in [3.63, 3.8) is 0 Å². The zero-order valence-electron chi connectivity index (χ0n) is 11.2. The number of benzene rings is 1. The van der Waals surface area contributed by atoms with Gasteiger partial charge in [-0.05, 0) is 25.8 Å². The van der Waals surface area contributed by atoms with Crippen molar-refractivity contribution < 1.29 is 9.84 Å². The van der Waals surface area contributed by atoms with E-state index in [0.717, 1.165) is 18.6 Å². The van der Waals surface area contributed by atoms with Crippen LogP contribution in [0.5, 0.6) is 0 Å². The molecule has 0 aromatic heterocycles. The van der Waals surface area contributed by atoms with Crippen molar-refractivity contribution in [1.29, 1.82) is 0 Å². The van der Waals surface area contributed by atoms with Crippen LogP contribution >= 0.6 is 0 Å². The van der Waals surface area contributed by atoms with E-state index in [1.165, 1.54) is 24.0 Å². The van der Waals surface area contributed by atoms with Gasteiger partial charge in [-0.2, -0.15) is 0 Å². The van der Waals surface area contributed by atoms with Gasteiger partial charge in [0.15, 0.2) is 0 Å². The van der Waals surface area contributed by atoms with E-state index in [-0.39, 0.29) is 0 Å². The van der Waals surface area contributed by atoms with Crippen molar-refractivity contribution in [2.45, 2.75) is 46.1 Å². The topological polar surface area (TPSA) is 29.5 Å². The molecule has 1 atom stereocenters. The van der Waals surface area contributed by atoms with Crippen molar-refractivity contribution in [3.05, 3.63) is 34.9 Å². The zero-order chi connectivity index (χ0) is 12.7. The van der Waals surface area contributed by atoms with E-state index >= 15 is 0 Å².